The Bertz CT molecular complexity index is 613. The topological polar surface area (TPSA) is 26.8 Å². The van der Waals surface area contributed by atoms with E-state index in [2.05, 4.69) is 66.2 Å². The molecule has 44 heavy (non-hydrogen) atoms. The molecular weight excluding hydrogens is 579 g/mol. The van der Waals surface area contributed by atoms with Gasteiger partial charge in [-0.1, -0.05) is 129 Å². The molecule has 0 spiro atoms. The lowest BCUT2D eigenvalue weighted by Crippen LogP contribution is -2.49. The number of rotatable bonds is 32. The lowest BCUT2D eigenvalue weighted by atomic mass is 10.1. The van der Waals surface area contributed by atoms with Gasteiger partial charge in [-0.15, -0.1) is 0 Å². The molecule has 0 aromatic carbocycles. The zero-order valence-corrected chi connectivity index (χ0v) is 31.9. The van der Waals surface area contributed by atoms with Crippen LogP contribution in [-0.4, -0.2) is 96.5 Å². The third-order valence-corrected chi connectivity index (χ3v) is 12.1. The minimum Gasteiger partial charge on any atom is -0.340 e. The van der Waals surface area contributed by atoms with E-state index in [1.165, 1.54) is 152 Å². The zero-order valence-electron chi connectivity index (χ0n) is 30.3. The van der Waals surface area contributed by atoms with E-state index >= 15 is 0 Å². The number of hydrogen-bond donors (Lipinski definition) is 0. The van der Waals surface area contributed by atoms with Crippen LogP contribution in [0.4, 0.5) is 0 Å². The van der Waals surface area contributed by atoms with Gasteiger partial charge in [0.05, 0.1) is 0 Å². The van der Waals surface area contributed by atoms with Gasteiger partial charge in [0, 0.05) is 56.7 Å². The molecule has 1 unspecified atom stereocenters. The first-order chi connectivity index (χ1) is 21.6. The third-order valence-electron chi connectivity index (χ3n) is 9.30. The van der Waals surface area contributed by atoms with Crippen molar-refractivity contribution < 1.29 is 4.79 Å². The summed E-state index contributed by atoms with van der Waals surface area (Å²) in [5.41, 5.74) is 0. The fourth-order valence-corrected chi connectivity index (χ4v) is 8.88. The molecule has 1 atom stereocenters. The van der Waals surface area contributed by atoms with Crippen LogP contribution in [0.2, 0.25) is 0 Å². The van der Waals surface area contributed by atoms with Crippen LogP contribution in [0, 0.1) is 0 Å². The standard InChI is InChI=1S/C38H77N3OS2/c1-5-7-9-11-13-15-17-19-21-23-34-43-36-37(44-35-24-22-20-18-16-14-12-10-8-6-2)26-25-27-38(42)41-32-30-40(31-33-41)29-28-39(3)4/h37H,5-36H2,1-4H3. The summed E-state index contributed by atoms with van der Waals surface area (Å²) in [7, 11) is 4.28. The Labute approximate surface area is 285 Å². The summed E-state index contributed by atoms with van der Waals surface area (Å²) in [4.78, 5) is 19.9. The van der Waals surface area contributed by atoms with Gasteiger partial charge in [-0.3, -0.25) is 9.69 Å². The molecule has 0 aliphatic carbocycles. The largest absolute Gasteiger partial charge is 0.340 e. The van der Waals surface area contributed by atoms with Crippen molar-refractivity contribution in [3.63, 3.8) is 0 Å². The number of piperazine rings is 1. The van der Waals surface area contributed by atoms with Crippen LogP contribution in [0.25, 0.3) is 0 Å². The van der Waals surface area contributed by atoms with E-state index in [4.69, 9.17) is 0 Å². The van der Waals surface area contributed by atoms with Gasteiger partial charge in [-0.05, 0) is 51.3 Å². The summed E-state index contributed by atoms with van der Waals surface area (Å²) in [5.74, 6) is 4.30. The van der Waals surface area contributed by atoms with E-state index in [1.807, 2.05) is 0 Å². The second-order valence-corrected chi connectivity index (χ2v) is 16.4. The number of likely N-dealkylation sites (N-methyl/N-ethyl adjacent to an activating group) is 1. The van der Waals surface area contributed by atoms with Crippen molar-refractivity contribution in [2.45, 2.75) is 167 Å². The second kappa shape index (κ2) is 31.7. The Kier molecular flexibility index (Phi) is 30.3. The second-order valence-electron chi connectivity index (χ2n) is 13.8. The number of nitrogens with zero attached hydrogens (tertiary/aromatic N) is 3. The number of carbonyl (C=O) groups is 1. The summed E-state index contributed by atoms with van der Waals surface area (Å²) in [5, 5.41) is 0.720. The SMILES string of the molecule is CCCCCCCCCCCCSCC(CCCC(=O)N1CCN(CCN(C)C)CC1)SCCCCCCCCCCCC. The van der Waals surface area contributed by atoms with Crippen molar-refractivity contribution in [2.75, 3.05) is 70.6 Å². The number of thioether (sulfide) groups is 2. The number of amides is 1. The third kappa shape index (κ3) is 26.2. The van der Waals surface area contributed by atoms with Crippen molar-refractivity contribution in [2.24, 2.45) is 0 Å². The fourth-order valence-electron chi connectivity index (χ4n) is 6.16. The minimum atomic E-state index is 0.397. The average Bonchev–Trinajstić information content (AvgIpc) is 3.03. The van der Waals surface area contributed by atoms with E-state index < -0.39 is 0 Å². The van der Waals surface area contributed by atoms with Crippen LogP contribution in [-0.2, 0) is 4.79 Å². The average molecular weight is 656 g/mol. The predicted octanol–water partition coefficient (Wildman–Crippen LogP) is 10.5. The van der Waals surface area contributed by atoms with Gasteiger partial charge in [0.1, 0.15) is 0 Å². The molecule has 1 aliphatic heterocycles. The molecule has 6 heteroatoms. The van der Waals surface area contributed by atoms with E-state index in [0.29, 0.717) is 5.91 Å². The summed E-state index contributed by atoms with van der Waals surface area (Å²) in [6.45, 7) is 10.7. The van der Waals surface area contributed by atoms with Crippen molar-refractivity contribution in [3.8, 4) is 0 Å². The van der Waals surface area contributed by atoms with Crippen LogP contribution < -0.4 is 0 Å². The lowest BCUT2D eigenvalue weighted by Gasteiger charge is -2.35. The van der Waals surface area contributed by atoms with E-state index in [-0.39, 0.29) is 0 Å². The molecule has 0 bridgehead atoms. The summed E-state index contributed by atoms with van der Waals surface area (Å²) < 4.78 is 0. The molecule has 4 nitrogen and oxygen atoms in total. The molecule has 0 saturated carbocycles. The highest BCUT2D eigenvalue weighted by molar-refractivity contribution is 8.03. The van der Waals surface area contributed by atoms with Crippen LogP contribution >= 0.6 is 23.5 Å². The molecule has 0 N–H and O–H groups in total. The van der Waals surface area contributed by atoms with E-state index in [0.717, 1.165) is 57.4 Å². The molecular formula is C38H77N3OS2. The summed E-state index contributed by atoms with van der Waals surface area (Å²) in [6, 6.07) is 0. The summed E-state index contributed by atoms with van der Waals surface area (Å²) in [6.07, 6.45) is 31.4. The van der Waals surface area contributed by atoms with Gasteiger partial charge in [-0.25, -0.2) is 0 Å². The van der Waals surface area contributed by atoms with Gasteiger partial charge in [0.15, 0.2) is 0 Å². The number of carbonyl (C=O) groups excluding carboxylic acids is 1. The normalized spacial score (nSPS) is 15.0. The van der Waals surface area contributed by atoms with Crippen LogP contribution in [0.5, 0.6) is 0 Å². The molecule has 0 aromatic heterocycles. The number of unbranched alkanes of at least 4 members (excludes halogenated alkanes) is 18. The summed E-state index contributed by atoms with van der Waals surface area (Å²) >= 11 is 4.41. The molecule has 1 heterocycles. The van der Waals surface area contributed by atoms with Gasteiger partial charge in [0.2, 0.25) is 5.91 Å². The minimum absolute atomic E-state index is 0.397. The highest BCUT2D eigenvalue weighted by atomic mass is 32.2. The van der Waals surface area contributed by atoms with Gasteiger partial charge < -0.3 is 9.80 Å². The Hall–Kier alpha value is 0.0900. The molecule has 1 aliphatic rings. The number of hydrogen-bond acceptors (Lipinski definition) is 5. The lowest BCUT2D eigenvalue weighted by molar-refractivity contribution is -0.133. The fraction of sp³-hybridized carbons (Fsp3) is 0.974. The van der Waals surface area contributed by atoms with Gasteiger partial charge in [-0.2, -0.15) is 23.5 Å². The molecule has 0 radical (unpaired) electrons. The Morgan fingerprint density at radius 2 is 1.11 bits per heavy atom. The van der Waals surface area contributed by atoms with Crippen LogP contribution in [0.15, 0.2) is 0 Å². The molecule has 262 valence electrons. The highest BCUT2D eigenvalue weighted by Crippen LogP contribution is 2.25. The first kappa shape index (κ1) is 42.1. The Balaban J connectivity index is 2.23. The predicted molar refractivity (Wildman–Crippen MR) is 203 cm³/mol. The molecule has 1 fully saturated rings. The maximum Gasteiger partial charge on any atom is 0.222 e. The molecule has 1 saturated heterocycles. The smallest absolute Gasteiger partial charge is 0.222 e. The van der Waals surface area contributed by atoms with Gasteiger partial charge >= 0.3 is 0 Å². The molecule has 1 amide bonds. The van der Waals surface area contributed by atoms with Crippen molar-refractivity contribution >= 4 is 29.4 Å². The Morgan fingerprint density at radius 1 is 0.636 bits per heavy atom. The molecule has 0 aromatic rings. The maximum absolute atomic E-state index is 13.0. The monoisotopic (exact) mass is 656 g/mol. The van der Waals surface area contributed by atoms with Crippen LogP contribution in [0.3, 0.4) is 0 Å². The quantitative estimate of drug-likeness (QED) is 0.0672. The van der Waals surface area contributed by atoms with Crippen molar-refractivity contribution in [1.29, 1.82) is 0 Å². The first-order valence-electron chi connectivity index (χ1n) is 19.4. The zero-order chi connectivity index (χ0) is 31.9. The van der Waals surface area contributed by atoms with Crippen molar-refractivity contribution in [3.05, 3.63) is 0 Å². The van der Waals surface area contributed by atoms with Crippen molar-refractivity contribution in [1.82, 2.24) is 14.7 Å². The van der Waals surface area contributed by atoms with Crippen LogP contribution in [0.1, 0.15) is 162 Å². The van der Waals surface area contributed by atoms with E-state index in [9.17, 15) is 4.79 Å². The highest BCUT2D eigenvalue weighted by Gasteiger charge is 2.21. The van der Waals surface area contributed by atoms with Gasteiger partial charge in [0.25, 0.3) is 0 Å². The van der Waals surface area contributed by atoms with E-state index in [1.54, 1.807) is 0 Å². The molecule has 1 rings (SSSR count). The maximum atomic E-state index is 13.0. The Morgan fingerprint density at radius 3 is 1.61 bits per heavy atom. The first-order valence-corrected chi connectivity index (χ1v) is 21.6.